The predicted molar refractivity (Wildman–Crippen MR) is 83.7 cm³/mol. The lowest BCUT2D eigenvalue weighted by molar-refractivity contribution is 0.373. The number of fused-ring (bicyclic) bond motifs is 1. The van der Waals surface area contributed by atoms with Gasteiger partial charge in [-0.1, -0.05) is 12.1 Å². The quantitative estimate of drug-likeness (QED) is 0.756. The number of aromatic hydroxyl groups is 1. The van der Waals surface area contributed by atoms with Gasteiger partial charge in [0.1, 0.15) is 0 Å². The molecule has 5 nitrogen and oxygen atoms in total. The Kier molecular flexibility index (Phi) is 3.45. The van der Waals surface area contributed by atoms with Crippen molar-refractivity contribution in [2.24, 2.45) is 5.10 Å². The van der Waals surface area contributed by atoms with Gasteiger partial charge in [0, 0.05) is 0 Å². The summed E-state index contributed by atoms with van der Waals surface area (Å²) in [6.07, 6.45) is 1.55. The van der Waals surface area contributed by atoms with Gasteiger partial charge in [0.05, 0.1) is 23.4 Å². The van der Waals surface area contributed by atoms with Crippen LogP contribution in [0.25, 0.3) is 10.1 Å². The molecule has 0 atom stereocenters. The molecule has 0 aliphatic heterocycles. The Balaban J connectivity index is 1.98. The third kappa shape index (κ3) is 2.53. The van der Waals surface area contributed by atoms with E-state index in [4.69, 9.17) is 4.74 Å². The van der Waals surface area contributed by atoms with E-state index >= 15 is 0 Å². The standard InChI is InChI=1S/C15H12N2O3S/c1-20-13-8-10(6-7-12(13)18)9-16-17-15(19)11-4-2-3-5-14(11)21-17/h2-9,18H,1H3/b16-9+. The Morgan fingerprint density at radius 1 is 1.29 bits per heavy atom. The van der Waals surface area contributed by atoms with Crippen molar-refractivity contribution in [3.8, 4) is 11.5 Å². The van der Waals surface area contributed by atoms with Gasteiger partial charge in [-0.05, 0) is 47.4 Å². The molecular formula is C15H12N2O3S. The molecule has 0 amide bonds. The van der Waals surface area contributed by atoms with Gasteiger partial charge in [-0.2, -0.15) is 5.10 Å². The van der Waals surface area contributed by atoms with E-state index in [9.17, 15) is 9.90 Å². The van der Waals surface area contributed by atoms with Crippen LogP contribution < -0.4 is 10.3 Å². The number of benzene rings is 2. The molecule has 3 aromatic rings. The predicted octanol–water partition coefficient (Wildman–Crippen LogP) is 2.66. The van der Waals surface area contributed by atoms with E-state index in [-0.39, 0.29) is 11.3 Å². The average molecular weight is 300 g/mol. The van der Waals surface area contributed by atoms with Crippen LogP contribution in [0.4, 0.5) is 0 Å². The Morgan fingerprint density at radius 2 is 2.10 bits per heavy atom. The highest BCUT2D eigenvalue weighted by atomic mass is 32.1. The smallest absolute Gasteiger partial charge is 0.289 e. The summed E-state index contributed by atoms with van der Waals surface area (Å²) >= 11 is 1.28. The number of phenolic OH excluding ortho intramolecular Hbond substituents is 1. The van der Waals surface area contributed by atoms with Crippen molar-refractivity contribution in [1.82, 2.24) is 4.07 Å². The zero-order chi connectivity index (χ0) is 14.8. The van der Waals surface area contributed by atoms with Gasteiger partial charge in [-0.25, -0.2) is 0 Å². The van der Waals surface area contributed by atoms with Crippen molar-refractivity contribution in [2.75, 3.05) is 7.11 Å². The van der Waals surface area contributed by atoms with Crippen molar-refractivity contribution in [2.45, 2.75) is 0 Å². The van der Waals surface area contributed by atoms with Crippen LogP contribution in [0.1, 0.15) is 5.56 Å². The summed E-state index contributed by atoms with van der Waals surface area (Å²) in [7, 11) is 1.48. The molecule has 0 fully saturated rings. The van der Waals surface area contributed by atoms with Gasteiger partial charge in [-0.3, -0.25) is 4.79 Å². The van der Waals surface area contributed by atoms with Crippen molar-refractivity contribution in [1.29, 1.82) is 0 Å². The van der Waals surface area contributed by atoms with Gasteiger partial charge in [0.15, 0.2) is 11.5 Å². The number of phenols is 1. The summed E-state index contributed by atoms with van der Waals surface area (Å²) < 4.78 is 7.26. The van der Waals surface area contributed by atoms with Gasteiger partial charge in [-0.15, -0.1) is 4.07 Å². The van der Waals surface area contributed by atoms with Crippen LogP contribution >= 0.6 is 11.5 Å². The number of nitrogens with zero attached hydrogens (tertiary/aromatic N) is 2. The largest absolute Gasteiger partial charge is 0.504 e. The minimum Gasteiger partial charge on any atom is -0.504 e. The highest BCUT2D eigenvalue weighted by Crippen LogP contribution is 2.25. The van der Waals surface area contributed by atoms with E-state index < -0.39 is 0 Å². The lowest BCUT2D eigenvalue weighted by Gasteiger charge is -2.03. The molecule has 0 unspecified atom stereocenters. The highest BCUT2D eigenvalue weighted by molar-refractivity contribution is 7.13. The van der Waals surface area contributed by atoms with Crippen LogP contribution in [0.5, 0.6) is 11.5 Å². The topological polar surface area (TPSA) is 63.8 Å². The maximum Gasteiger partial charge on any atom is 0.289 e. The zero-order valence-corrected chi connectivity index (χ0v) is 12.0. The summed E-state index contributed by atoms with van der Waals surface area (Å²) in [6.45, 7) is 0. The fourth-order valence-corrected chi connectivity index (χ4v) is 2.79. The minimum absolute atomic E-state index is 0.0636. The molecule has 1 N–H and O–H groups in total. The average Bonchev–Trinajstić information content (AvgIpc) is 2.83. The molecule has 3 rings (SSSR count). The van der Waals surface area contributed by atoms with Crippen LogP contribution in [0.2, 0.25) is 0 Å². The second kappa shape index (κ2) is 5.41. The monoisotopic (exact) mass is 300 g/mol. The van der Waals surface area contributed by atoms with Crippen molar-refractivity contribution in [3.05, 3.63) is 58.4 Å². The maximum absolute atomic E-state index is 12.1. The number of rotatable bonds is 3. The molecule has 0 spiro atoms. The molecule has 6 heteroatoms. The lowest BCUT2D eigenvalue weighted by Crippen LogP contribution is -2.08. The number of hydrogen-bond donors (Lipinski definition) is 1. The van der Waals surface area contributed by atoms with Gasteiger partial charge < -0.3 is 9.84 Å². The fraction of sp³-hybridized carbons (Fsp3) is 0.0667. The first kappa shape index (κ1) is 13.4. The normalized spacial score (nSPS) is 11.3. The molecule has 21 heavy (non-hydrogen) atoms. The maximum atomic E-state index is 12.1. The van der Waals surface area contributed by atoms with Crippen LogP contribution in [0.3, 0.4) is 0 Å². The first-order valence-corrected chi connectivity index (χ1v) is 6.99. The number of methoxy groups -OCH3 is 1. The Bertz CT molecular complexity index is 880. The minimum atomic E-state index is -0.141. The fourth-order valence-electron chi connectivity index (χ4n) is 1.93. The first-order chi connectivity index (χ1) is 10.2. The van der Waals surface area contributed by atoms with E-state index in [1.54, 1.807) is 24.4 Å². The van der Waals surface area contributed by atoms with Gasteiger partial charge in [0.25, 0.3) is 5.56 Å². The summed E-state index contributed by atoms with van der Waals surface area (Å²) in [4.78, 5) is 12.1. The van der Waals surface area contributed by atoms with Crippen molar-refractivity contribution < 1.29 is 9.84 Å². The van der Waals surface area contributed by atoms with E-state index in [1.807, 2.05) is 18.2 Å². The van der Waals surface area contributed by atoms with Crippen molar-refractivity contribution in [3.63, 3.8) is 0 Å². The number of ether oxygens (including phenoxy) is 1. The SMILES string of the molecule is COc1cc(/C=N/n2sc3ccccc3c2=O)ccc1O. The summed E-state index contributed by atoms with van der Waals surface area (Å²) in [5.41, 5.74) is 0.589. The molecule has 2 aromatic carbocycles. The molecule has 1 heterocycles. The second-order valence-corrected chi connectivity index (χ2v) is 5.31. The zero-order valence-electron chi connectivity index (χ0n) is 11.2. The second-order valence-electron chi connectivity index (χ2n) is 4.34. The van der Waals surface area contributed by atoms with Crippen LogP contribution in [-0.4, -0.2) is 22.5 Å². The molecule has 0 aliphatic carbocycles. The lowest BCUT2D eigenvalue weighted by atomic mass is 10.2. The van der Waals surface area contributed by atoms with E-state index in [0.717, 1.165) is 10.3 Å². The molecule has 0 saturated carbocycles. The Hall–Kier alpha value is -2.60. The summed E-state index contributed by atoms with van der Waals surface area (Å²) in [5.74, 6) is 0.427. The van der Waals surface area contributed by atoms with E-state index in [0.29, 0.717) is 11.1 Å². The third-order valence-electron chi connectivity index (χ3n) is 2.99. The molecule has 0 saturated heterocycles. The van der Waals surface area contributed by atoms with Gasteiger partial charge in [0.2, 0.25) is 0 Å². The molecule has 1 aromatic heterocycles. The van der Waals surface area contributed by atoms with Crippen molar-refractivity contribution >= 4 is 27.8 Å². The van der Waals surface area contributed by atoms with Crippen LogP contribution in [-0.2, 0) is 0 Å². The third-order valence-corrected chi connectivity index (χ3v) is 3.98. The van der Waals surface area contributed by atoms with Crippen LogP contribution in [0.15, 0.2) is 52.4 Å². The Labute approximate surface area is 124 Å². The Morgan fingerprint density at radius 3 is 2.86 bits per heavy atom. The molecule has 0 radical (unpaired) electrons. The van der Waals surface area contributed by atoms with E-state index in [2.05, 4.69) is 5.10 Å². The number of hydrogen-bond acceptors (Lipinski definition) is 5. The molecule has 0 bridgehead atoms. The molecule has 0 aliphatic rings. The van der Waals surface area contributed by atoms with Crippen LogP contribution in [0, 0.1) is 0 Å². The summed E-state index contributed by atoms with van der Waals surface area (Å²) in [5, 5.41) is 14.4. The highest BCUT2D eigenvalue weighted by Gasteiger charge is 2.05. The van der Waals surface area contributed by atoms with E-state index in [1.165, 1.54) is 28.8 Å². The molecule has 106 valence electrons. The summed E-state index contributed by atoms with van der Waals surface area (Å²) in [6, 6.07) is 12.2. The van der Waals surface area contributed by atoms with Gasteiger partial charge >= 0.3 is 0 Å². The molecular weight excluding hydrogens is 288 g/mol. The first-order valence-electron chi connectivity index (χ1n) is 6.21. The number of aromatic nitrogens is 1.